The number of nitrogens with one attached hydrogen (secondary N) is 1. The van der Waals surface area contributed by atoms with E-state index in [2.05, 4.69) is 52.7 Å². The number of aromatic nitrogens is 2. The van der Waals surface area contributed by atoms with Crippen molar-refractivity contribution in [2.45, 2.75) is 45.4 Å². The summed E-state index contributed by atoms with van der Waals surface area (Å²) in [6.45, 7) is 12.8. The van der Waals surface area contributed by atoms with E-state index in [-0.39, 0.29) is 0 Å². The third-order valence-corrected chi connectivity index (χ3v) is 4.93. The summed E-state index contributed by atoms with van der Waals surface area (Å²) < 4.78 is 0.400. The second kappa shape index (κ2) is 6.76. The average Bonchev–Trinajstić information content (AvgIpc) is 2.51. The minimum Gasteiger partial charge on any atom is -0.370 e. The molecule has 2 rings (SSSR count). The summed E-state index contributed by atoms with van der Waals surface area (Å²) in [6, 6.07) is 2.01. The highest BCUT2D eigenvalue weighted by Crippen LogP contribution is 2.30. The van der Waals surface area contributed by atoms with E-state index in [4.69, 9.17) is 0 Å². The molecule has 0 aliphatic carbocycles. The van der Waals surface area contributed by atoms with Crippen LogP contribution in [0.15, 0.2) is 6.07 Å². The van der Waals surface area contributed by atoms with Gasteiger partial charge in [0.25, 0.3) is 0 Å². The lowest BCUT2D eigenvalue weighted by molar-refractivity contribution is 0.269. The zero-order chi connectivity index (χ0) is 14.6. The lowest BCUT2D eigenvalue weighted by atomic mass is 10.1. The Morgan fingerprint density at radius 2 is 2.15 bits per heavy atom. The summed E-state index contributed by atoms with van der Waals surface area (Å²) in [5.41, 5.74) is 1.04. The fourth-order valence-electron chi connectivity index (χ4n) is 2.39. The van der Waals surface area contributed by atoms with Crippen LogP contribution in [0.4, 0.5) is 5.82 Å². The van der Waals surface area contributed by atoms with Gasteiger partial charge in [-0.3, -0.25) is 4.90 Å². The van der Waals surface area contributed by atoms with Crippen LogP contribution in [0.25, 0.3) is 0 Å². The van der Waals surface area contributed by atoms with Crippen LogP contribution < -0.4 is 5.32 Å². The molecule has 1 fully saturated rings. The molecule has 0 spiro atoms. The molecule has 0 atom stereocenters. The van der Waals surface area contributed by atoms with Crippen LogP contribution in [0.1, 0.15) is 38.7 Å². The van der Waals surface area contributed by atoms with E-state index in [0.717, 1.165) is 43.5 Å². The van der Waals surface area contributed by atoms with Gasteiger partial charge in [0, 0.05) is 35.3 Å². The van der Waals surface area contributed by atoms with Gasteiger partial charge in [0.15, 0.2) is 0 Å². The Bertz CT molecular complexity index is 447. The Labute approximate surface area is 126 Å². The first kappa shape index (κ1) is 15.6. The smallest absolute Gasteiger partial charge is 0.144 e. The van der Waals surface area contributed by atoms with E-state index in [0.29, 0.717) is 4.75 Å². The summed E-state index contributed by atoms with van der Waals surface area (Å²) in [6.07, 6.45) is 1.23. The van der Waals surface area contributed by atoms with E-state index >= 15 is 0 Å². The molecule has 1 aromatic rings. The van der Waals surface area contributed by atoms with E-state index < -0.39 is 0 Å². The van der Waals surface area contributed by atoms with Gasteiger partial charge in [-0.1, -0.05) is 13.8 Å². The minimum atomic E-state index is 0.400. The topological polar surface area (TPSA) is 41.1 Å². The maximum atomic E-state index is 4.61. The third-order valence-electron chi connectivity index (χ3n) is 3.55. The summed E-state index contributed by atoms with van der Waals surface area (Å²) in [5, 5.41) is 3.28. The number of aryl methyl sites for hydroxylation is 1. The van der Waals surface area contributed by atoms with Crippen LogP contribution in [-0.4, -0.2) is 45.0 Å². The van der Waals surface area contributed by atoms with Crippen molar-refractivity contribution >= 4 is 17.6 Å². The predicted molar refractivity (Wildman–Crippen MR) is 87.4 cm³/mol. The predicted octanol–water partition coefficient (Wildman–Crippen LogP) is 2.93. The monoisotopic (exact) mass is 294 g/mol. The zero-order valence-electron chi connectivity index (χ0n) is 13.1. The van der Waals surface area contributed by atoms with Gasteiger partial charge in [-0.05, 0) is 26.8 Å². The summed E-state index contributed by atoms with van der Waals surface area (Å²) in [4.78, 5) is 11.7. The van der Waals surface area contributed by atoms with Crippen molar-refractivity contribution in [1.82, 2.24) is 14.9 Å². The fraction of sp³-hybridized carbons (Fsp3) is 0.733. The van der Waals surface area contributed by atoms with E-state index in [1.54, 1.807) is 0 Å². The summed E-state index contributed by atoms with van der Waals surface area (Å²) in [7, 11) is 0. The van der Waals surface area contributed by atoms with Crippen molar-refractivity contribution in [2.24, 2.45) is 0 Å². The van der Waals surface area contributed by atoms with Crippen molar-refractivity contribution in [2.75, 3.05) is 30.7 Å². The molecule has 1 saturated heterocycles. The highest BCUT2D eigenvalue weighted by Gasteiger charge is 2.24. The lowest BCUT2D eigenvalue weighted by Gasteiger charge is -2.22. The minimum absolute atomic E-state index is 0.400. The highest BCUT2D eigenvalue weighted by molar-refractivity contribution is 8.00. The molecule has 5 heteroatoms. The molecule has 0 unspecified atom stereocenters. The molecule has 112 valence electrons. The van der Waals surface area contributed by atoms with Gasteiger partial charge < -0.3 is 5.32 Å². The maximum Gasteiger partial charge on any atom is 0.144 e. The van der Waals surface area contributed by atoms with E-state index in [1.165, 1.54) is 12.2 Å². The Kier molecular flexibility index (Phi) is 5.27. The van der Waals surface area contributed by atoms with Gasteiger partial charge >= 0.3 is 0 Å². The number of anilines is 1. The molecule has 4 nitrogen and oxygen atoms in total. The first-order valence-corrected chi connectivity index (χ1v) is 8.42. The summed E-state index contributed by atoms with van der Waals surface area (Å²) in [5.74, 6) is 3.07. The lowest BCUT2D eigenvalue weighted by Crippen LogP contribution is -2.28. The number of rotatable bonds is 4. The zero-order valence-corrected chi connectivity index (χ0v) is 13.9. The Morgan fingerprint density at radius 3 is 2.90 bits per heavy atom. The Balaban J connectivity index is 2.02. The maximum absolute atomic E-state index is 4.61. The second-order valence-corrected chi connectivity index (χ2v) is 7.78. The number of hydrogen-bond donors (Lipinski definition) is 1. The normalized spacial score (nSPS) is 19.6. The second-order valence-electron chi connectivity index (χ2n) is 5.98. The number of thioether (sulfide) groups is 1. The van der Waals surface area contributed by atoms with Gasteiger partial charge in [-0.2, -0.15) is 11.8 Å². The fourth-order valence-corrected chi connectivity index (χ4v) is 3.53. The molecule has 1 aliphatic rings. The van der Waals surface area contributed by atoms with Crippen molar-refractivity contribution in [1.29, 1.82) is 0 Å². The van der Waals surface area contributed by atoms with E-state index in [1.807, 2.05) is 13.0 Å². The molecular weight excluding hydrogens is 268 g/mol. The molecule has 2 heterocycles. The average molecular weight is 294 g/mol. The van der Waals surface area contributed by atoms with Crippen LogP contribution in [0.2, 0.25) is 0 Å². The summed E-state index contributed by atoms with van der Waals surface area (Å²) >= 11 is 2.08. The standard InChI is InChI=1S/C15H26N4S/c1-5-16-13-10-12(2)17-14(18-13)11-19-7-6-15(3,4)20-9-8-19/h10H,5-9,11H2,1-4H3,(H,16,17,18). The van der Waals surface area contributed by atoms with Crippen molar-refractivity contribution in [3.05, 3.63) is 17.6 Å². The largest absolute Gasteiger partial charge is 0.370 e. The number of hydrogen-bond acceptors (Lipinski definition) is 5. The quantitative estimate of drug-likeness (QED) is 0.924. The first-order valence-electron chi connectivity index (χ1n) is 7.43. The molecule has 0 bridgehead atoms. The van der Waals surface area contributed by atoms with E-state index in [9.17, 15) is 0 Å². The van der Waals surface area contributed by atoms with Crippen molar-refractivity contribution in [3.8, 4) is 0 Å². The molecule has 0 radical (unpaired) electrons. The third kappa shape index (κ3) is 4.63. The van der Waals surface area contributed by atoms with Gasteiger partial charge in [0.1, 0.15) is 11.6 Å². The molecule has 1 aromatic heterocycles. The van der Waals surface area contributed by atoms with Gasteiger partial charge in [0.2, 0.25) is 0 Å². The van der Waals surface area contributed by atoms with Gasteiger partial charge in [-0.25, -0.2) is 9.97 Å². The SMILES string of the molecule is CCNc1cc(C)nc(CN2CCSC(C)(C)CC2)n1. The Morgan fingerprint density at radius 1 is 1.35 bits per heavy atom. The molecule has 20 heavy (non-hydrogen) atoms. The molecule has 1 N–H and O–H groups in total. The van der Waals surface area contributed by atoms with Gasteiger partial charge in [-0.15, -0.1) is 0 Å². The molecule has 0 saturated carbocycles. The van der Waals surface area contributed by atoms with Crippen LogP contribution in [0.5, 0.6) is 0 Å². The van der Waals surface area contributed by atoms with Gasteiger partial charge in [0.05, 0.1) is 6.54 Å². The molecule has 0 amide bonds. The molecular formula is C15H26N4S. The Hall–Kier alpha value is -0.810. The van der Waals surface area contributed by atoms with Crippen LogP contribution >= 0.6 is 11.8 Å². The molecule has 0 aromatic carbocycles. The van der Waals surface area contributed by atoms with Crippen molar-refractivity contribution < 1.29 is 0 Å². The van der Waals surface area contributed by atoms with Crippen molar-refractivity contribution in [3.63, 3.8) is 0 Å². The first-order chi connectivity index (χ1) is 9.48. The molecule has 1 aliphatic heterocycles. The van der Waals surface area contributed by atoms with Crippen LogP contribution in [-0.2, 0) is 6.54 Å². The number of nitrogens with zero attached hydrogens (tertiary/aromatic N) is 3. The van der Waals surface area contributed by atoms with Crippen LogP contribution in [0, 0.1) is 6.92 Å². The van der Waals surface area contributed by atoms with Crippen LogP contribution in [0.3, 0.4) is 0 Å². The highest BCUT2D eigenvalue weighted by atomic mass is 32.2.